The Morgan fingerprint density at radius 2 is 1.97 bits per heavy atom. The largest absolute Gasteiger partial charge is 0.481 e. The Kier molecular flexibility index (Phi) is 8.21. The van der Waals surface area contributed by atoms with E-state index in [-0.39, 0.29) is 18.3 Å². The number of hydrogen-bond acceptors (Lipinski definition) is 3. The van der Waals surface area contributed by atoms with Crippen LogP contribution in [0.3, 0.4) is 0 Å². The molecule has 3 aliphatic carbocycles. The summed E-state index contributed by atoms with van der Waals surface area (Å²) in [6.45, 7) is 2.19. The van der Waals surface area contributed by atoms with Gasteiger partial charge in [0.05, 0.1) is 12.0 Å². The predicted molar refractivity (Wildman–Crippen MR) is 114 cm³/mol. The fraction of sp³-hybridized carbons (Fsp3) is 0.800. The molecule has 162 valence electrons. The first-order valence-corrected chi connectivity index (χ1v) is 11.8. The van der Waals surface area contributed by atoms with Crippen LogP contribution in [-0.2, 0) is 4.79 Å². The lowest BCUT2D eigenvalue weighted by molar-refractivity contribution is -0.136. The van der Waals surface area contributed by atoms with E-state index in [1.807, 2.05) is 0 Å². The smallest absolute Gasteiger partial charge is 0.303 e. The van der Waals surface area contributed by atoms with Crippen molar-refractivity contribution in [2.24, 2.45) is 29.6 Å². The maximum atomic E-state index is 10.9. The average Bonchev–Trinajstić information content (AvgIpc) is 2.71. The van der Waals surface area contributed by atoms with Crippen LogP contribution in [-0.4, -0.2) is 33.5 Å². The Bertz CT molecular complexity index is 637. The number of carbonyl (C=O) groups is 1. The standard InChI is InChI=1S/C25H38O4/c1-2-3-10-19-18(11-7-12-24(28)29)20-13-16-23(27)21(25(19)20)14-15-22(26)17-8-5-4-6-9-17/h11,17,19-23,25-27H,2-10,12-13,16H2,1H3,(H,28,29)/b18-11-/t19?,20-,21+,22?,23-,25+/m0/s1. The SMILES string of the molecule is CCCCC1/C(=C/CCC(=O)O)[C@@H]2CC[C@H](O)[C@@H](C#CC(O)C3CCCCC3)[C@H]12. The third kappa shape index (κ3) is 5.44. The highest BCUT2D eigenvalue weighted by Gasteiger charge is 2.52. The normalized spacial score (nSPS) is 34.6. The number of aliphatic hydroxyl groups excluding tert-OH is 2. The zero-order chi connectivity index (χ0) is 20.8. The fourth-order valence-corrected chi connectivity index (χ4v) is 5.92. The van der Waals surface area contributed by atoms with E-state index in [0.717, 1.165) is 44.9 Å². The lowest BCUT2D eigenvalue weighted by Crippen LogP contribution is -2.51. The van der Waals surface area contributed by atoms with Gasteiger partial charge in [-0.05, 0) is 62.2 Å². The highest BCUT2D eigenvalue weighted by Crippen LogP contribution is 2.57. The van der Waals surface area contributed by atoms with E-state index in [4.69, 9.17) is 5.11 Å². The first-order valence-electron chi connectivity index (χ1n) is 11.8. The molecule has 3 fully saturated rings. The number of carboxylic acid groups (broad SMARTS) is 1. The number of aliphatic carboxylic acids is 1. The summed E-state index contributed by atoms with van der Waals surface area (Å²) in [7, 11) is 0. The van der Waals surface area contributed by atoms with Crippen molar-refractivity contribution in [3.63, 3.8) is 0 Å². The van der Waals surface area contributed by atoms with Crippen LogP contribution in [0.15, 0.2) is 11.6 Å². The topological polar surface area (TPSA) is 77.8 Å². The maximum absolute atomic E-state index is 10.9. The molecule has 0 radical (unpaired) electrons. The molecule has 0 amide bonds. The minimum atomic E-state index is -0.748. The molecule has 0 spiro atoms. The second-order valence-corrected chi connectivity index (χ2v) is 9.37. The zero-order valence-corrected chi connectivity index (χ0v) is 17.9. The third-order valence-corrected chi connectivity index (χ3v) is 7.49. The Labute approximate surface area is 175 Å². The molecule has 3 N–H and O–H groups in total. The summed E-state index contributed by atoms with van der Waals surface area (Å²) in [5.41, 5.74) is 1.41. The van der Waals surface area contributed by atoms with Gasteiger partial charge in [0.25, 0.3) is 0 Å². The molecule has 3 aliphatic rings. The van der Waals surface area contributed by atoms with Crippen molar-refractivity contribution in [2.75, 3.05) is 0 Å². The van der Waals surface area contributed by atoms with Crippen LogP contribution in [0.25, 0.3) is 0 Å². The molecule has 0 heterocycles. The molecule has 3 rings (SSSR count). The lowest BCUT2D eigenvalue weighted by atomic mass is 9.50. The van der Waals surface area contributed by atoms with Crippen LogP contribution < -0.4 is 0 Å². The van der Waals surface area contributed by atoms with Crippen molar-refractivity contribution < 1.29 is 20.1 Å². The van der Waals surface area contributed by atoms with Crippen LogP contribution in [0.5, 0.6) is 0 Å². The molecule has 0 aliphatic heterocycles. The summed E-state index contributed by atoms with van der Waals surface area (Å²) in [6, 6.07) is 0. The molecule has 0 bridgehead atoms. The van der Waals surface area contributed by atoms with Gasteiger partial charge in [0.15, 0.2) is 0 Å². The summed E-state index contributed by atoms with van der Waals surface area (Å²) in [6.07, 6.45) is 12.8. The molecule has 0 aromatic heterocycles. The monoisotopic (exact) mass is 402 g/mol. The van der Waals surface area contributed by atoms with Gasteiger partial charge in [-0.1, -0.05) is 62.5 Å². The van der Waals surface area contributed by atoms with E-state index >= 15 is 0 Å². The van der Waals surface area contributed by atoms with Gasteiger partial charge >= 0.3 is 5.97 Å². The molecule has 6 atom stereocenters. The molecular weight excluding hydrogens is 364 g/mol. The van der Waals surface area contributed by atoms with Gasteiger partial charge in [-0.2, -0.15) is 0 Å². The number of hydrogen-bond donors (Lipinski definition) is 3. The predicted octanol–water partition coefficient (Wildman–Crippen LogP) is 4.55. The van der Waals surface area contributed by atoms with Crippen LogP contribution in [0.4, 0.5) is 0 Å². The number of allylic oxidation sites excluding steroid dienone is 2. The molecule has 2 unspecified atom stereocenters. The molecular formula is C25H38O4. The number of unbranched alkanes of at least 4 members (excludes halogenated alkanes) is 1. The Morgan fingerprint density at radius 3 is 2.66 bits per heavy atom. The summed E-state index contributed by atoms with van der Waals surface area (Å²) >= 11 is 0. The van der Waals surface area contributed by atoms with E-state index in [1.165, 1.54) is 24.8 Å². The average molecular weight is 403 g/mol. The van der Waals surface area contributed by atoms with Gasteiger partial charge in [0, 0.05) is 6.42 Å². The number of aliphatic hydroxyl groups is 2. The van der Waals surface area contributed by atoms with E-state index in [0.29, 0.717) is 24.2 Å². The Balaban J connectivity index is 1.72. The molecule has 4 heteroatoms. The number of carboxylic acids is 1. The minimum absolute atomic E-state index is 0.0644. The third-order valence-electron chi connectivity index (χ3n) is 7.49. The van der Waals surface area contributed by atoms with E-state index < -0.39 is 18.2 Å². The molecule has 0 aromatic carbocycles. The molecule has 29 heavy (non-hydrogen) atoms. The minimum Gasteiger partial charge on any atom is -0.481 e. The van der Waals surface area contributed by atoms with E-state index in [2.05, 4.69) is 24.8 Å². The van der Waals surface area contributed by atoms with Gasteiger partial charge in [0.2, 0.25) is 0 Å². The Hall–Kier alpha value is -1.31. The van der Waals surface area contributed by atoms with Gasteiger partial charge in [-0.25, -0.2) is 0 Å². The van der Waals surface area contributed by atoms with Crippen LogP contribution in [0.2, 0.25) is 0 Å². The van der Waals surface area contributed by atoms with Gasteiger partial charge in [-0.3, -0.25) is 4.79 Å². The highest BCUT2D eigenvalue weighted by molar-refractivity contribution is 5.66. The molecule has 4 nitrogen and oxygen atoms in total. The van der Waals surface area contributed by atoms with Crippen molar-refractivity contribution in [2.45, 2.75) is 96.2 Å². The summed E-state index contributed by atoms with van der Waals surface area (Å²) in [4.78, 5) is 10.9. The van der Waals surface area contributed by atoms with Gasteiger partial charge < -0.3 is 15.3 Å². The van der Waals surface area contributed by atoms with Crippen LogP contribution in [0, 0.1) is 41.4 Å². The van der Waals surface area contributed by atoms with Crippen LogP contribution >= 0.6 is 0 Å². The van der Waals surface area contributed by atoms with Crippen molar-refractivity contribution in [1.82, 2.24) is 0 Å². The number of fused-ring (bicyclic) bond motifs is 1. The fourth-order valence-electron chi connectivity index (χ4n) is 5.92. The first-order chi connectivity index (χ1) is 14.0. The van der Waals surface area contributed by atoms with Gasteiger partial charge in [0.1, 0.15) is 6.10 Å². The Morgan fingerprint density at radius 1 is 1.21 bits per heavy atom. The van der Waals surface area contributed by atoms with Crippen molar-refractivity contribution in [1.29, 1.82) is 0 Å². The molecule has 3 saturated carbocycles. The summed E-state index contributed by atoms with van der Waals surface area (Å²) < 4.78 is 0. The molecule has 0 aromatic rings. The van der Waals surface area contributed by atoms with Crippen molar-refractivity contribution >= 4 is 5.97 Å². The van der Waals surface area contributed by atoms with Crippen molar-refractivity contribution in [3.05, 3.63) is 11.6 Å². The van der Waals surface area contributed by atoms with Gasteiger partial charge in [-0.15, -0.1) is 0 Å². The lowest BCUT2D eigenvalue weighted by Gasteiger charge is -2.55. The highest BCUT2D eigenvalue weighted by atomic mass is 16.4. The van der Waals surface area contributed by atoms with Crippen molar-refractivity contribution in [3.8, 4) is 11.8 Å². The number of rotatable bonds is 7. The second-order valence-electron chi connectivity index (χ2n) is 9.37. The first kappa shape index (κ1) is 22.4. The summed E-state index contributed by atoms with van der Waals surface area (Å²) in [5, 5.41) is 30.2. The van der Waals surface area contributed by atoms with E-state index in [1.54, 1.807) is 0 Å². The van der Waals surface area contributed by atoms with Crippen LogP contribution in [0.1, 0.15) is 84.0 Å². The maximum Gasteiger partial charge on any atom is 0.303 e. The van der Waals surface area contributed by atoms with E-state index in [9.17, 15) is 15.0 Å². The zero-order valence-electron chi connectivity index (χ0n) is 17.9. The second kappa shape index (κ2) is 10.6. The molecule has 0 saturated heterocycles. The quantitative estimate of drug-likeness (QED) is 0.431. The summed E-state index contributed by atoms with van der Waals surface area (Å²) in [5.74, 6) is 7.14.